The minimum absolute atomic E-state index is 0.0462. The summed E-state index contributed by atoms with van der Waals surface area (Å²) in [6.45, 7) is 0.380. The zero-order valence-electron chi connectivity index (χ0n) is 14.2. The zero-order valence-corrected chi connectivity index (χ0v) is 16.7. The molecule has 2 aromatic rings. The molecule has 8 nitrogen and oxygen atoms in total. The van der Waals surface area contributed by atoms with Crippen LogP contribution in [0.5, 0.6) is 0 Å². The van der Waals surface area contributed by atoms with Gasteiger partial charge in [-0.15, -0.1) is 11.3 Å². The van der Waals surface area contributed by atoms with E-state index in [4.69, 9.17) is 5.73 Å². The van der Waals surface area contributed by atoms with E-state index in [1.54, 1.807) is 18.2 Å². The molecule has 1 heterocycles. The van der Waals surface area contributed by atoms with Crippen molar-refractivity contribution < 1.29 is 26.7 Å². The molecule has 0 saturated heterocycles. The van der Waals surface area contributed by atoms with E-state index >= 15 is 0 Å². The first-order valence-electron chi connectivity index (χ1n) is 8.02. The van der Waals surface area contributed by atoms with E-state index in [2.05, 4.69) is 4.72 Å². The number of nitrogens with one attached hydrogen (secondary N) is 1. The number of sulfone groups is 1. The van der Waals surface area contributed by atoms with E-state index in [0.29, 0.717) is 19.4 Å². The van der Waals surface area contributed by atoms with E-state index in [0.717, 1.165) is 17.4 Å². The van der Waals surface area contributed by atoms with E-state index in [1.165, 1.54) is 17.5 Å². The number of sulfonamides is 1. The standard InChI is InChI=1S/C16H20N2O6S3/c17-9-5-4-8-14(16(19)20)18-27(23,24)15-10-13(11-25-15)26(21,22)12-6-2-1-3-7-12/h1-3,6-7,10-11,14,18H,4-5,8-9,17H2,(H,19,20)/t14-/m0/s1. The third kappa shape index (κ3) is 5.36. The summed E-state index contributed by atoms with van der Waals surface area (Å²) in [4.78, 5) is 11.2. The van der Waals surface area contributed by atoms with Gasteiger partial charge in [0.25, 0.3) is 10.0 Å². The van der Waals surface area contributed by atoms with Crippen molar-refractivity contribution in [3.8, 4) is 0 Å². The molecular formula is C16H20N2O6S3. The number of carbonyl (C=O) groups is 1. The Bertz CT molecular complexity index is 984. The summed E-state index contributed by atoms with van der Waals surface area (Å²) < 4.78 is 51.9. The number of hydrogen-bond acceptors (Lipinski definition) is 7. The monoisotopic (exact) mass is 432 g/mol. The second-order valence-corrected chi connectivity index (χ2v) is 10.5. The van der Waals surface area contributed by atoms with Gasteiger partial charge in [0.05, 0.1) is 9.79 Å². The van der Waals surface area contributed by atoms with Gasteiger partial charge in [0.15, 0.2) is 0 Å². The maximum atomic E-state index is 12.6. The Kier molecular flexibility index (Phi) is 7.12. The van der Waals surface area contributed by atoms with Crippen LogP contribution in [0.25, 0.3) is 0 Å². The van der Waals surface area contributed by atoms with Crippen molar-refractivity contribution >= 4 is 37.2 Å². The normalized spacial score (nSPS) is 13.4. The molecule has 2 rings (SSSR count). The van der Waals surface area contributed by atoms with Crippen molar-refractivity contribution in [2.24, 2.45) is 5.73 Å². The van der Waals surface area contributed by atoms with Crippen LogP contribution in [-0.4, -0.2) is 40.5 Å². The number of carboxylic acids is 1. The van der Waals surface area contributed by atoms with E-state index in [1.807, 2.05) is 0 Å². The number of nitrogens with two attached hydrogens (primary N) is 1. The molecule has 0 amide bonds. The summed E-state index contributed by atoms with van der Waals surface area (Å²) in [6, 6.07) is 7.36. The molecule has 0 fully saturated rings. The van der Waals surface area contributed by atoms with Gasteiger partial charge in [0.1, 0.15) is 10.3 Å². The van der Waals surface area contributed by atoms with E-state index < -0.39 is 31.9 Å². The van der Waals surface area contributed by atoms with Gasteiger partial charge < -0.3 is 10.8 Å². The molecule has 1 atom stereocenters. The third-order valence-corrected chi connectivity index (χ3v) is 8.53. The highest BCUT2D eigenvalue weighted by Gasteiger charge is 2.28. The Morgan fingerprint density at radius 3 is 2.37 bits per heavy atom. The molecule has 1 aromatic heterocycles. The Morgan fingerprint density at radius 2 is 1.78 bits per heavy atom. The highest BCUT2D eigenvalue weighted by atomic mass is 32.2. The summed E-state index contributed by atoms with van der Waals surface area (Å²) in [7, 11) is -8.02. The average Bonchev–Trinajstić information content (AvgIpc) is 3.13. The van der Waals surface area contributed by atoms with Crippen LogP contribution in [0.2, 0.25) is 0 Å². The van der Waals surface area contributed by atoms with Crippen molar-refractivity contribution in [2.75, 3.05) is 6.54 Å². The Morgan fingerprint density at radius 1 is 1.11 bits per heavy atom. The Balaban J connectivity index is 2.24. The second kappa shape index (κ2) is 8.93. The second-order valence-electron chi connectivity index (χ2n) is 5.71. The van der Waals surface area contributed by atoms with Crippen LogP contribution < -0.4 is 10.5 Å². The van der Waals surface area contributed by atoms with Gasteiger partial charge in [0.2, 0.25) is 9.84 Å². The van der Waals surface area contributed by atoms with Gasteiger partial charge in [0, 0.05) is 5.38 Å². The summed E-state index contributed by atoms with van der Waals surface area (Å²) in [5.74, 6) is -1.30. The van der Waals surface area contributed by atoms with Crippen LogP contribution in [0.15, 0.2) is 55.8 Å². The third-order valence-electron chi connectivity index (χ3n) is 3.72. The SMILES string of the molecule is NCCCC[C@H](NS(=O)(=O)c1cc(S(=O)(=O)c2ccccc2)cs1)C(=O)O. The van der Waals surface area contributed by atoms with Gasteiger partial charge >= 0.3 is 5.97 Å². The number of thiophene rings is 1. The maximum Gasteiger partial charge on any atom is 0.321 e. The quantitative estimate of drug-likeness (QED) is 0.482. The van der Waals surface area contributed by atoms with E-state index in [9.17, 15) is 26.7 Å². The Hall–Kier alpha value is -1.79. The molecule has 11 heteroatoms. The summed E-state index contributed by atoms with van der Waals surface area (Å²) in [6.07, 6.45) is 1.12. The lowest BCUT2D eigenvalue weighted by Crippen LogP contribution is -2.40. The van der Waals surface area contributed by atoms with Crippen LogP contribution in [0, 0.1) is 0 Å². The largest absolute Gasteiger partial charge is 0.480 e. The summed E-state index contributed by atoms with van der Waals surface area (Å²) in [5, 5.41) is 10.4. The smallest absolute Gasteiger partial charge is 0.321 e. The molecule has 0 radical (unpaired) electrons. The molecular weight excluding hydrogens is 412 g/mol. The molecule has 0 aliphatic heterocycles. The predicted octanol–water partition coefficient (Wildman–Crippen LogP) is 1.44. The fraction of sp³-hybridized carbons (Fsp3) is 0.312. The maximum absolute atomic E-state index is 12.6. The fourth-order valence-corrected chi connectivity index (χ4v) is 6.43. The first-order valence-corrected chi connectivity index (χ1v) is 11.9. The van der Waals surface area contributed by atoms with Crippen molar-refractivity contribution in [2.45, 2.75) is 39.3 Å². The van der Waals surface area contributed by atoms with Gasteiger partial charge in [-0.2, -0.15) is 4.72 Å². The van der Waals surface area contributed by atoms with Crippen LogP contribution in [0.1, 0.15) is 19.3 Å². The van der Waals surface area contributed by atoms with Gasteiger partial charge in [-0.1, -0.05) is 24.6 Å². The van der Waals surface area contributed by atoms with Crippen molar-refractivity contribution in [3.63, 3.8) is 0 Å². The number of aliphatic carboxylic acids is 1. The highest BCUT2D eigenvalue weighted by Crippen LogP contribution is 2.28. The molecule has 0 unspecified atom stereocenters. The molecule has 0 bridgehead atoms. The minimum atomic E-state index is -4.17. The van der Waals surface area contributed by atoms with Gasteiger partial charge in [-0.25, -0.2) is 16.8 Å². The molecule has 27 heavy (non-hydrogen) atoms. The van der Waals surface area contributed by atoms with Crippen LogP contribution >= 0.6 is 11.3 Å². The molecule has 148 valence electrons. The molecule has 0 aliphatic carbocycles. The molecule has 0 spiro atoms. The molecule has 4 N–H and O–H groups in total. The first kappa shape index (κ1) is 21.5. The molecule has 0 aliphatic rings. The number of carboxylic acid groups (broad SMARTS) is 1. The van der Waals surface area contributed by atoms with Crippen LogP contribution in [-0.2, 0) is 24.7 Å². The topological polar surface area (TPSA) is 144 Å². The summed E-state index contributed by atoms with van der Waals surface area (Å²) in [5.41, 5.74) is 5.36. The first-order chi connectivity index (χ1) is 12.7. The fourth-order valence-electron chi connectivity index (χ4n) is 2.29. The van der Waals surface area contributed by atoms with Crippen molar-refractivity contribution in [3.05, 3.63) is 41.8 Å². The molecule has 0 saturated carbocycles. The lowest BCUT2D eigenvalue weighted by atomic mass is 10.1. The van der Waals surface area contributed by atoms with Gasteiger partial charge in [-0.3, -0.25) is 4.79 Å². The minimum Gasteiger partial charge on any atom is -0.480 e. The van der Waals surface area contributed by atoms with Crippen molar-refractivity contribution in [1.82, 2.24) is 4.72 Å². The number of hydrogen-bond donors (Lipinski definition) is 3. The zero-order chi connectivity index (χ0) is 20.1. The van der Waals surface area contributed by atoms with Crippen LogP contribution in [0.3, 0.4) is 0 Å². The average molecular weight is 433 g/mol. The number of rotatable bonds is 10. The van der Waals surface area contributed by atoms with E-state index in [-0.39, 0.29) is 20.4 Å². The highest BCUT2D eigenvalue weighted by molar-refractivity contribution is 7.93. The van der Waals surface area contributed by atoms with Gasteiger partial charge in [-0.05, 0) is 37.6 Å². The van der Waals surface area contributed by atoms with Crippen molar-refractivity contribution in [1.29, 1.82) is 0 Å². The number of unbranched alkanes of at least 4 members (excludes halogenated alkanes) is 1. The number of benzene rings is 1. The Labute approximate surface area is 162 Å². The lowest BCUT2D eigenvalue weighted by molar-refractivity contribution is -0.139. The lowest BCUT2D eigenvalue weighted by Gasteiger charge is -2.13. The predicted molar refractivity (Wildman–Crippen MR) is 101 cm³/mol. The van der Waals surface area contributed by atoms with Crippen LogP contribution in [0.4, 0.5) is 0 Å². The summed E-state index contributed by atoms with van der Waals surface area (Å²) >= 11 is 0.718. The molecule has 1 aromatic carbocycles.